The first kappa shape index (κ1) is 23.4. The molecule has 0 fully saturated rings. The van der Waals surface area contributed by atoms with Gasteiger partial charge in [0.1, 0.15) is 0 Å². The van der Waals surface area contributed by atoms with Crippen molar-refractivity contribution in [3.05, 3.63) is 0 Å². The van der Waals surface area contributed by atoms with Crippen LogP contribution in [-0.4, -0.2) is 41.5 Å². The van der Waals surface area contributed by atoms with Crippen molar-refractivity contribution in [3.63, 3.8) is 0 Å². The van der Waals surface area contributed by atoms with Crippen molar-refractivity contribution >= 4 is 5.97 Å². The first-order valence-corrected chi connectivity index (χ1v) is 9.74. The maximum atomic E-state index is 11.7. The fraction of sp³-hybridized carbons (Fsp3) is 0.947. The molecule has 0 aliphatic heterocycles. The van der Waals surface area contributed by atoms with Gasteiger partial charge in [-0.05, 0) is 25.7 Å². The second kappa shape index (κ2) is 15.9. The van der Waals surface area contributed by atoms with Crippen molar-refractivity contribution in [3.8, 4) is 0 Å². The van der Waals surface area contributed by atoms with Crippen LogP contribution in [0.15, 0.2) is 0 Å². The molecule has 0 aromatic rings. The molecule has 0 atom stereocenters. The molecule has 0 amide bonds. The molecular formula is C19H39NO4. The summed E-state index contributed by atoms with van der Waals surface area (Å²) in [5.41, 5.74) is 5.44. The van der Waals surface area contributed by atoms with Gasteiger partial charge in [-0.25, -0.2) is 0 Å². The zero-order chi connectivity index (χ0) is 18.1. The molecule has 0 aromatic heterocycles. The van der Waals surface area contributed by atoms with Gasteiger partial charge in [-0.3, -0.25) is 4.79 Å². The number of unbranched alkanes of at least 4 members (excludes halogenated alkanes) is 8. The number of hydrogen-bond acceptors (Lipinski definition) is 5. The predicted octanol–water partition coefficient (Wildman–Crippen LogP) is 3.30. The third kappa shape index (κ3) is 13.8. The van der Waals surface area contributed by atoms with Crippen LogP contribution < -0.4 is 5.73 Å². The van der Waals surface area contributed by atoms with Gasteiger partial charge in [-0.2, -0.15) is 0 Å². The van der Waals surface area contributed by atoms with Crippen LogP contribution in [-0.2, 0) is 9.53 Å². The van der Waals surface area contributed by atoms with Crippen LogP contribution in [0.4, 0.5) is 0 Å². The van der Waals surface area contributed by atoms with Crippen LogP contribution in [0, 0.1) is 0 Å². The number of hydrogen-bond donors (Lipinski definition) is 3. The van der Waals surface area contributed by atoms with E-state index in [0.717, 1.165) is 12.8 Å². The lowest BCUT2D eigenvalue weighted by Crippen LogP contribution is -2.43. The third-order valence-corrected chi connectivity index (χ3v) is 4.57. The van der Waals surface area contributed by atoms with Gasteiger partial charge in [0, 0.05) is 25.2 Å². The summed E-state index contributed by atoms with van der Waals surface area (Å²) >= 11 is 0. The summed E-state index contributed by atoms with van der Waals surface area (Å²) in [6, 6.07) is 0. The van der Waals surface area contributed by atoms with E-state index in [1.165, 1.54) is 44.9 Å². The molecule has 0 radical (unpaired) electrons. The molecule has 5 heteroatoms. The van der Waals surface area contributed by atoms with E-state index >= 15 is 0 Å². The van der Waals surface area contributed by atoms with Crippen LogP contribution in [0.1, 0.15) is 90.4 Å². The summed E-state index contributed by atoms with van der Waals surface area (Å²) in [5.74, 6) is -0.173. The zero-order valence-electron chi connectivity index (χ0n) is 15.6. The van der Waals surface area contributed by atoms with Crippen LogP contribution in [0.25, 0.3) is 0 Å². The smallest absolute Gasteiger partial charge is 0.305 e. The summed E-state index contributed by atoms with van der Waals surface area (Å²) in [4.78, 5) is 11.7. The van der Waals surface area contributed by atoms with Crippen LogP contribution >= 0.6 is 0 Å². The molecule has 0 aromatic carbocycles. The number of aliphatic hydroxyl groups excluding tert-OH is 2. The molecular weight excluding hydrogens is 306 g/mol. The Morgan fingerprint density at radius 1 is 0.875 bits per heavy atom. The van der Waals surface area contributed by atoms with E-state index in [9.17, 15) is 4.79 Å². The molecule has 0 heterocycles. The minimum atomic E-state index is -0.651. The molecule has 0 spiro atoms. The Morgan fingerprint density at radius 2 is 1.38 bits per heavy atom. The highest BCUT2D eigenvalue weighted by Crippen LogP contribution is 2.16. The highest BCUT2D eigenvalue weighted by Gasteiger charge is 2.24. The first-order valence-electron chi connectivity index (χ1n) is 9.74. The van der Waals surface area contributed by atoms with Gasteiger partial charge in [0.2, 0.25) is 0 Å². The van der Waals surface area contributed by atoms with E-state index in [1.54, 1.807) is 0 Å². The lowest BCUT2D eigenvalue weighted by Gasteiger charge is -2.27. The fourth-order valence-electron chi connectivity index (χ4n) is 2.84. The number of ether oxygens (including phenoxy) is 1. The monoisotopic (exact) mass is 345 g/mol. The Labute approximate surface area is 148 Å². The largest absolute Gasteiger partial charge is 0.466 e. The Balaban J connectivity index is 3.55. The second-order valence-corrected chi connectivity index (χ2v) is 6.86. The van der Waals surface area contributed by atoms with Gasteiger partial charge in [0.25, 0.3) is 0 Å². The van der Waals surface area contributed by atoms with E-state index in [-0.39, 0.29) is 25.8 Å². The van der Waals surface area contributed by atoms with Gasteiger partial charge < -0.3 is 20.7 Å². The molecule has 0 rings (SSSR count). The Kier molecular flexibility index (Phi) is 15.4. The Hall–Kier alpha value is -0.650. The zero-order valence-corrected chi connectivity index (χ0v) is 15.6. The molecule has 5 nitrogen and oxygen atoms in total. The molecule has 24 heavy (non-hydrogen) atoms. The number of nitrogens with two attached hydrogens (primary N) is 1. The van der Waals surface area contributed by atoms with E-state index in [0.29, 0.717) is 25.7 Å². The van der Waals surface area contributed by atoms with Crippen molar-refractivity contribution in [1.29, 1.82) is 0 Å². The maximum Gasteiger partial charge on any atom is 0.305 e. The molecule has 0 bridgehead atoms. The van der Waals surface area contributed by atoms with E-state index in [2.05, 4.69) is 6.92 Å². The van der Waals surface area contributed by atoms with E-state index < -0.39 is 5.54 Å². The average Bonchev–Trinajstić information content (AvgIpc) is 2.53. The fourth-order valence-corrected chi connectivity index (χ4v) is 2.84. The van der Waals surface area contributed by atoms with Crippen LogP contribution in [0.3, 0.4) is 0 Å². The molecule has 0 unspecified atom stereocenters. The van der Waals surface area contributed by atoms with Gasteiger partial charge >= 0.3 is 5.97 Å². The number of aliphatic hydroxyl groups is 2. The van der Waals surface area contributed by atoms with Gasteiger partial charge in [-0.1, -0.05) is 58.3 Å². The summed E-state index contributed by atoms with van der Waals surface area (Å²) < 4.78 is 5.22. The summed E-state index contributed by atoms with van der Waals surface area (Å²) in [6.45, 7) is 2.43. The summed E-state index contributed by atoms with van der Waals surface area (Å²) in [6.07, 6.45) is 12.8. The van der Waals surface area contributed by atoms with Crippen LogP contribution in [0.2, 0.25) is 0 Å². The number of carbonyl (C=O) groups is 1. The number of carbonyl (C=O) groups excluding carboxylic acids is 1. The maximum absolute atomic E-state index is 11.7. The van der Waals surface area contributed by atoms with Crippen LogP contribution in [0.5, 0.6) is 0 Å². The Morgan fingerprint density at radius 3 is 1.88 bits per heavy atom. The van der Waals surface area contributed by atoms with Crippen molar-refractivity contribution < 1.29 is 19.7 Å². The topological polar surface area (TPSA) is 92.8 Å². The van der Waals surface area contributed by atoms with Gasteiger partial charge in [0.05, 0.1) is 6.61 Å². The van der Waals surface area contributed by atoms with Gasteiger partial charge in [-0.15, -0.1) is 0 Å². The molecule has 144 valence electrons. The number of esters is 1. The molecule has 4 N–H and O–H groups in total. The normalized spacial score (nSPS) is 11.7. The molecule has 0 aliphatic carbocycles. The minimum absolute atomic E-state index is 0.0249. The predicted molar refractivity (Wildman–Crippen MR) is 97.7 cm³/mol. The van der Waals surface area contributed by atoms with E-state index in [1.807, 2.05) is 0 Å². The average molecular weight is 346 g/mol. The first-order chi connectivity index (χ1) is 11.6. The van der Waals surface area contributed by atoms with Crippen molar-refractivity contribution in [2.24, 2.45) is 5.73 Å². The standard InChI is InChI=1S/C19H39NO4/c1-2-3-4-5-6-7-8-9-10-11-18(23)24-17-14-19(20,12-15-21)13-16-22/h21-22H,2-17,20H2,1H3. The lowest BCUT2D eigenvalue weighted by molar-refractivity contribution is -0.144. The molecule has 0 saturated carbocycles. The third-order valence-electron chi connectivity index (χ3n) is 4.57. The Bertz CT molecular complexity index is 291. The van der Waals surface area contributed by atoms with Gasteiger partial charge in [0.15, 0.2) is 0 Å². The highest BCUT2D eigenvalue weighted by molar-refractivity contribution is 5.69. The SMILES string of the molecule is CCCCCCCCCCCC(=O)OCCC(N)(CCO)CCO. The van der Waals surface area contributed by atoms with Crippen molar-refractivity contribution in [2.45, 2.75) is 95.9 Å². The second-order valence-electron chi connectivity index (χ2n) is 6.86. The minimum Gasteiger partial charge on any atom is -0.466 e. The molecule has 0 aliphatic rings. The van der Waals surface area contributed by atoms with Crippen molar-refractivity contribution in [2.75, 3.05) is 19.8 Å². The lowest BCUT2D eigenvalue weighted by atomic mass is 9.90. The summed E-state index contributed by atoms with van der Waals surface area (Å²) in [7, 11) is 0. The molecule has 0 saturated heterocycles. The number of rotatable bonds is 17. The summed E-state index contributed by atoms with van der Waals surface area (Å²) in [5, 5.41) is 18.0. The quantitative estimate of drug-likeness (QED) is 0.278. The van der Waals surface area contributed by atoms with E-state index in [4.69, 9.17) is 20.7 Å². The van der Waals surface area contributed by atoms with Crippen molar-refractivity contribution in [1.82, 2.24) is 0 Å². The highest BCUT2D eigenvalue weighted by atomic mass is 16.5.